The summed E-state index contributed by atoms with van der Waals surface area (Å²) in [5, 5.41) is 3.45. The van der Waals surface area contributed by atoms with E-state index in [2.05, 4.69) is 33.1 Å². The van der Waals surface area contributed by atoms with Gasteiger partial charge in [0, 0.05) is 12.6 Å². The third-order valence-electron chi connectivity index (χ3n) is 4.35. The van der Waals surface area contributed by atoms with Crippen molar-refractivity contribution in [2.45, 2.75) is 58.9 Å². The van der Waals surface area contributed by atoms with Gasteiger partial charge in [-0.25, -0.2) is 0 Å². The summed E-state index contributed by atoms with van der Waals surface area (Å²) in [6.45, 7) is 8.69. The highest BCUT2D eigenvalue weighted by molar-refractivity contribution is 4.82. The maximum absolute atomic E-state index is 5.70. The summed E-state index contributed by atoms with van der Waals surface area (Å²) in [6.07, 6.45) is 6.70. The van der Waals surface area contributed by atoms with Crippen LogP contribution >= 0.6 is 0 Å². The summed E-state index contributed by atoms with van der Waals surface area (Å²) in [5.41, 5.74) is 0. The van der Waals surface area contributed by atoms with Crippen LogP contribution in [0.25, 0.3) is 0 Å². The molecular weight excluding hydrogens is 210 g/mol. The number of likely N-dealkylation sites (N-methyl/N-ethyl adjacent to an activating group) is 1. The van der Waals surface area contributed by atoms with Gasteiger partial charge in [-0.05, 0) is 56.9 Å². The summed E-state index contributed by atoms with van der Waals surface area (Å²) >= 11 is 0. The molecule has 0 bridgehead atoms. The Hall–Kier alpha value is -0.0800. The zero-order valence-electron chi connectivity index (χ0n) is 12.2. The van der Waals surface area contributed by atoms with Crippen LogP contribution in [0.4, 0.5) is 0 Å². The Morgan fingerprint density at radius 2 is 1.71 bits per heavy atom. The van der Waals surface area contributed by atoms with Gasteiger partial charge in [-0.3, -0.25) is 0 Å². The SMILES string of the molecule is CCCOCC(NC)C1CCC(C(C)C)CC1. The van der Waals surface area contributed by atoms with Crippen molar-refractivity contribution in [3.63, 3.8) is 0 Å². The quantitative estimate of drug-likeness (QED) is 0.689. The van der Waals surface area contributed by atoms with Gasteiger partial charge in [0.05, 0.1) is 6.61 Å². The van der Waals surface area contributed by atoms with Crippen molar-refractivity contribution in [1.29, 1.82) is 0 Å². The number of hydrogen-bond acceptors (Lipinski definition) is 2. The minimum Gasteiger partial charge on any atom is -0.380 e. The van der Waals surface area contributed by atoms with Gasteiger partial charge in [0.1, 0.15) is 0 Å². The highest BCUT2D eigenvalue weighted by Crippen LogP contribution is 2.34. The summed E-state index contributed by atoms with van der Waals surface area (Å²) in [4.78, 5) is 0. The molecule has 0 aromatic carbocycles. The van der Waals surface area contributed by atoms with Crippen LogP contribution in [-0.2, 0) is 4.74 Å². The molecule has 17 heavy (non-hydrogen) atoms. The van der Waals surface area contributed by atoms with E-state index in [9.17, 15) is 0 Å². The maximum atomic E-state index is 5.70. The third-order valence-corrected chi connectivity index (χ3v) is 4.35. The minimum absolute atomic E-state index is 0.565. The Balaban J connectivity index is 2.29. The molecule has 1 atom stereocenters. The molecule has 1 fully saturated rings. The van der Waals surface area contributed by atoms with Crippen LogP contribution in [0.5, 0.6) is 0 Å². The van der Waals surface area contributed by atoms with Crippen LogP contribution in [-0.4, -0.2) is 26.3 Å². The van der Waals surface area contributed by atoms with Crippen LogP contribution in [0.2, 0.25) is 0 Å². The molecule has 0 aliphatic heterocycles. The Morgan fingerprint density at radius 1 is 1.12 bits per heavy atom. The molecule has 2 heteroatoms. The molecule has 0 aromatic rings. The molecule has 1 aliphatic carbocycles. The molecule has 1 aliphatic rings. The number of nitrogens with one attached hydrogen (secondary N) is 1. The second-order valence-electron chi connectivity index (χ2n) is 5.89. The minimum atomic E-state index is 0.565. The number of ether oxygens (including phenoxy) is 1. The lowest BCUT2D eigenvalue weighted by molar-refractivity contribution is 0.0794. The molecule has 0 aromatic heterocycles. The normalized spacial score (nSPS) is 27.4. The maximum Gasteiger partial charge on any atom is 0.0622 e. The average Bonchev–Trinajstić information content (AvgIpc) is 2.35. The Kier molecular flexibility index (Phi) is 7.14. The molecule has 102 valence electrons. The van der Waals surface area contributed by atoms with E-state index in [4.69, 9.17) is 4.74 Å². The molecule has 0 saturated heterocycles. The van der Waals surface area contributed by atoms with Gasteiger partial charge in [0.15, 0.2) is 0 Å². The predicted molar refractivity (Wildman–Crippen MR) is 74.2 cm³/mol. The van der Waals surface area contributed by atoms with E-state index in [1.165, 1.54) is 25.7 Å². The molecule has 2 nitrogen and oxygen atoms in total. The van der Waals surface area contributed by atoms with E-state index in [-0.39, 0.29) is 0 Å². The summed E-state index contributed by atoms with van der Waals surface area (Å²) < 4.78 is 5.70. The van der Waals surface area contributed by atoms with E-state index in [0.717, 1.165) is 37.4 Å². The molecule has 1 unspecified atom stereocenters. The van der Waals surface area contributed by atoms with Gasteiger partial charge in [0.2, 0.25) is 0 Å². The van der Waals surface area contributed by atoms with Gasteiger partial charge in [-0.1, -0.05) is 20.8 Å². The number of rotatable bonds is 7. The molecule has 0 heterocycles. The molecule has 1 saturated carbocycles. The van der Waals surface area contributed by atoms with E-state index in [0.29, 0.717) is 6.04 Å². The second kappa shape index (κ2) is 8.10. The lowest BCUT2D eigenvalue weighted by atomic mass is 9.74. The first-order chi connectivity index (χ1) is 8.19. The van der Waals surface area contributed by atoms with Crippen LogP contribution in [0, 0.1) is 17.8 Å². The fourth-order valence-corrected chi connectivity index (χ4v) is 3.02. The Morgan fingerprint density at radius 3 is 2.18 bits per heavy atom. The van der Waals surface area contributed by atoms with E-state index in [1.807, 2.05) is 0 Å². The van der Waals surface area contributed by atoms with Crippen molar-refractivity contribution in [2.24, 2.45) is 17.8 Å². The van der Waals surface area contributed by atoms with Crippen molar-refractivity contribution in [1.82, 2.24) is 5.32 Å². The third kappa shape index (κ3) is 4.97. The fourth-order valence-electron chi connectivity index (χ4n) is 3.02. The first kappa shape index (κ1) is 15.0. The monoisotopic (exact) mass is 241 g/mol. The van der Waals surface area contributed by atoms with Crippen LogP contribution < -0.4 is 5.32 Å². The zero-order valence-corrected chi connectivity index (χ0v) is 12.2. The highest BCUT2D eigenvalue weighted by Gasteiger charge is 2.27. The van der Waals surface area contributed by atoms with Crippen molar-refractivity contribution in [2.75, 3.05) is 20.3 Å². The van der Waals surface area contributed by atoms with Crippen LogP contribution in [0.3, 0.4) is 0 Å². The van der Waals surface area contributed by atoms with Crippen molar-refractivity contribution in [3.05, 3.63) is 0 Å². The lowest BCUT2D eigenvalue weighted by Crippen LogP contribution is -2.40. The molecule has 1 N–H and O–H groups in total. The molecular formula is C15H31NO. The predicted octanol–water partition coefficient (Wildman–Crippen LogP) is 3.46. The van der Waals surface area contributed by atoms with E-state index < -0.39 is 0 Å². The highest BCUT2D eigenvalue weighted by atomic mass is 16.5. The van der Waals surface area contributed by atoms with Gasteiger partial charge < -0.3 is 10.1 Å². The van der Waals surface area contributed by atoms with Crippen molar-refractivity contribution in [3.8, 4) is 0 Å². The van der Waals surface area contributed by atoms with E-state index >= 15 is 0 Å². The zero-order chi connectivity index (χ0) is 12.7. The number of hydrogen-bond donors (Lipinski definition) is 1. The largest absolute Gasteiger partial charge is 0.380 e. The Labute approximate surface area is 108 Å². The van der Waals surface area contributed by atoms with Crippen LogP contribution in [0.1, 0.15) is 52.9 Å². The van der Waals surface area contributed by atoms with Gasteiger partial charge >= 0.3 is 0 Å². The summed E-state index contributed by atoms with van der Waals surface area (Å²) in [6, 6.07) is 0.565. The van der Waals surface area contributed by atoms with Crippen molar-refractivity contribution >= 4 is 0 Å². The topological polar surface area (TPSA) is 21.3 Å². The average molecular weight is 241 g/mol. The summed E-state index contributed by atoms with van der Waals surface area (Å²) in [7, 11) is 2.08. The smallest absolute Gasteiger partial charge is 0.0622 e. The van der Waals surface area contributed by atoms with Gasteiger partial charge in [-0.15, -0.1) is 0 Å². The van der Waals surface area contributed by atoms with E-state index in [1.54, 1.807) is 0 Å². The standard InChI is InChI=1S/C15H31NO/c1-5-10-17-11-15(16-4)14-8-6-13(7-9-14)12(2)3/h12-16H,5-11H2,1-4H3. The first-order valence-corrected chi connectivity index (χ1v) is 7.44. The molecule has 1 rings (SSSR count). The fraction of sp³-hybridized carbons (Fsp3) is 1.00. The lowest BCUT2D eigenvalue weighted by Gasteiger charge is -2.35. The van der Waals surface area contributed by atoms with Crippen molar-refractivity contribution < 1.29 is 4.74 Å². The molecule has 0 radical (unpaired) electrons. The van der Waals surface area contributed by atoms with Crippen LogP contribution in [0.15, 0.2) is 0 Å². The molecule has 0 spiro atoms. The first-order valence-electron chi connectivity index (χ1n) is 7.44. The van der Waals surface area contributed by atoms with Gasteiger partial charge in [-0.2, -0.15) is 0 Å². The second-order valence-corrected chi connectivity index (χ2v) is 5.89. The summed E-state index contributed by atoms with van der Waals surface area (Å²) in [5.74, 6) is 2.65. The molecule has 0 amide bonds. The van der Waals surface area contributed by atoms with Gasteiger partial charge in [0.25, 0.3) is 0 Å². The Bertz CT molecular complexity index is 185.